The molecular formula is C28H35Cl2N3. The van der Waals surface area contributed by atoms with Gasteiger partial charge in [-0.1, -0.05) is 65.7 Å². The van der Waals surface area contributed by atoms with Gasteiger partial charge in [-0.25, -0.2) is 0 Å². The van der Waals surface area contributed by atoms with E-state index in [2.05, 4.69) is 74.5 Å². The van der Waals surface area contributed by atoms with Crippen molar-refractivity contribution in [3.63, 3.8) is 0 Å². The fourth-order valence-electron chi connectivity index (χ4n) is 4.27. The van der Waals surface area contributed by atoms with Crippen molar-refractivity contribution < 1.29 is 0 Å². The van der Waals surface area contributed by atoms with Crippen molar-refractivity contribution in [2.24, 2.45) is 0 Å². The summed E-state index contributed by atoms with van der Waals surface area (Å²) in [5.41, 5.74) is 7.43. The van der Waals surface area contributed by atoms with E-state index in [0.717, 1.165) is 40.8 Å². The van der Waals surface area contributed by atoms with E-state index >= 15 is 0 Å². The van der Waals surface area contributed by atoms with Gasteiger partial charge < -0.3 is 15.5 Å². The summed E-state index contributed by atoms with van der Waals surface area (Å²) < 4.78 is 0. The molecule has 0 saturated heterocycles. The van der Waals surface area contributed by atoms with Crippen molar-refractivity contribution in [2.45, 2.75) is 52.9 Å². The number of benzene rings is 3. The number of rotatable bonds is 10. The number of nitrogens with one attached hydrogen (secondary N) is 2. The zero-order valence-corrected chi connectivity index (χ0v) is 21.8. The highest BCUT2D eigenvalue weighted by molar-refractivity contribution is 6.31. The Kier molecular flexibility index (Phi) is 9.22. The van der Waals surface area contributed by atoms with Crippen LogP contribution in [-0.4, -0.2) is 13.6 Å². The first-order chi connectivity index (χ1) is 15.8. The van der Waals surface area contributed by atoms with Crippen LogP contribution in [0, 0.1) is 6.92 Å². The van der Waals surface area contributed by atoms with Crippen LogP contribution in [0.15, 0.2) is 60.7 Å². The molecule has 3 nitrogen and oxygen atoms in total. The molecule has 2 unspecified atom stereocenters. The number of hydrogen-bond donors (Lipinski definition) is 2. The number of anilines is 1. The Morgan fingerprint density at radius 1 is 0.788 bits per heavy atom. The Labute approximate surface area is 209 Å². The van der Waals surface area contributed by atoms with Crippen LogP contribution < -0.4 is 15.5 Å². The fraction of sp³-hybridized carbons (Fsp3) is 0.357. The third-order valence-electron chi connectivity index (χ3n) is 6.43. The predicted molar refractivity (Wildman–Crippen MR) is 144 cm³/mol. The summed E-state index contributed by atoms with van der Waals surface area (Å²) in [6.07, 6.45) is 0. The maximum Gasteiger partial charge on any atom is 0.0450 e. The van der Waals surface area contributed by atoms with Crippen LogP contribution in [0.5, 0.6) is 0 Å². The van der Waals surface area contributed by atoms with Crippen LogP contribution >= 0.6 is 23.2 Å². The van der Waals surface area contributed by atoms with Crippen molar-refractivity contribution in [3.05, 3.63) is 98.5 Å². The van der Waals surface area contributed by atoms with Crippen molar-refractivity contribution in [2.75, 3.05) is 18.5 Å². The zero-order chi connectivity index (χ0) is 24.0. The smallest absolute Gasteiger partial charge is 0.0450 e. The van der Waals surface area contributed by atoms with Crippen LogP contribution in [0.25, 0.3) is 0 Å². The van der Waals surface area contributed by atoms with Gasteiger partial charge in [0.2, 0.25) is 0 Å². The Hall–Kier alpha value is -2.04. The maximum atomic E-state index is 6.39. The molecule has 3 aromatic rings. The minimum absolute atomic E-state index is 0.168. The molecule has 0 spiro atoms. The first-order valence-corrected chi connectivity index (χ1v) is 12.4. The largest absolute Gasteiger partial charge is 0.375 e. The summed E-state index contributed by atoms with van der Waals surface area (Å²) in [6, 6.07) is 20.9. The second-order valence-electron chi connectivity index (χ2n) is 8.61. The Bertz CT molecular complexity index is 1070. The molecule has 0 radical (unpaired) electrons. The molecule has 0 heterocycles. The van der Waals surface area contributed by atoms with Crippen LogP contribution in [0.3, 0.4) is 0 Å². The molecule has 33 heavy (non-hydrogen) atoms. The summed E-state index contributed by atoms with van der Waals surface area (Å²) in [7, 11) is 2.15. The van der Waals surface area contributed by atoms with Crippen molar-refractivity contribution in [1.29, 1.82) is 0 Å². The van der Waals surface area contributed by atoms with Gasteiger partial charge in [-0.2, -0.15) is 0 Å². The molecule has 0 aliphatic rings. The Morgan fingerprint density at radius 2 is 1.30 bits per heavy atom. The Balaban J connectivity index is 1.85. The van der Waals surface area contributed by atoms with Crippen molar-refractivity contribution >= 4 is 28.9 Å². The van der Waals surface area contributed by atoms with Gasteiger partial charge in [0.15, 0.2) is 0 Å². The second kappa shape index (κ2) is 11.9. The topological polar surface area (TPSA) is 27.3 Å². The molecule has 0 aromatic heterocycles. The minimum atomic E-state index is 0.168. The zero-order valence-electron chi connectivity index (χ0n) is 20.3. The van der Waals surface area contributed by atoms with Gasteiger partial charge in [0.05, 0.1) is 0 Å². The standard InChI is InChI=1S/C28H35Cl2N3/c1-6-33(5)27-16-15-24(20(3)31-17-22-11-7-9-13-25(22)29)19(2)28(27)21(4)32-18-23-12-8-10-14-26(23)30/h7-16,20-21,31-32H,6,17-18H2,1-5H3. The lowest BCUT2D eigenvalue weighted by molar-refractivity contribution is 0.556. The van der Waals surface area contributed by atoms with Crippen LogP contribution in [0.1, 0.15) is 60.7 Å². The molecule has 176 valence electrons. The average molecular weight is 485 g/mol. The molecular weight excluding hydrogens is 449 g/mol. The molecule has 0 aliphatic heterocycles. The maximum absolute atomic E-state index is 6.39. The highest BCUT2D eigenvalue weighted by Gasteiger charge is 2.20. The molecule has 0 saturated carbocycles. The third kappa shape index (κ3) is 6.30. The van der Waals surface area contributed by atoms with Gasteiger partial charge in [0.1, 0.15) is 0 Å². The lowest BCUT2D eigenvalue weighted by Gasteiger charge is -2.29. The van der Waals surface area contributed by atoms with E-state index in [-0.39, 0.29) is 12.1 Å². The molecule has 2 atom stereocenters. The van der Waals surface area contributed by atoms with Gasteiger partial charge in [-0.15, -0.1) is 0 Å². The molecule has 3 aromatic carbocycles. The first-order valence-electron chi connectivity index (χ1n) is 11.6. The van der Waals surface area contributed by atoms with Gasteiger partial charge in [0, 0.05) is 54.5 Å². The van der Waals surface area contributed by atoms with E-state index in [9.17, 15) is 0 Å². The third-order valence-corrected chi connectivity index (χ3v) is 7.17. The quantitative estimate of drug-likeness (QED) is 0.313. The first kappa shape index (κ1) is 25.6. The minimum Gasteiger partial charge on any atom is -0.375 e. The Morgan fingerprint density at radius 3 is 1.82 bits per heavy atom. The number of nitrogens with zero attached hydrogens (tertiary/aromatic N) is 1. The van der Waals surface area contributed by atoms with E-state index in [4.69, 9.17) is 23.2 Å². The van der Waals surface area contributed by atoms with E-state index in [1.807, 2.05) is 36.4 Å². The van der Waals surface area contributed by atoms with Gasteiger partial charge in [-0.05, 0) is 73.7 Å². The summed E-state index contributed by atoms with van der Waals surface area (Å²) in [5.74, 6) is 0. The van der Waals surface area contributed by atoms with Gasteiger partial charge in [0.25, 0.3) is 0 Å². The number of hydrogen-bond acceptors (Lipinski definition) is 3. The summed E-state index contributed by atoms with van der Waals surface area (Å²) in [6.45, 7) is 11.3. The lowest BCUT2D eigenvalue weighted by Crippen LogP contribution is -2.26. The molecule has 0 bridgehead atoms. The van der Waals surface area contributed by atoms with Crippen LogP contribution in [0.4, 0.5) is 5.69 Å². The SMILES string of the molecule is CCN(C)c1ccc(C(C)NCc2ccccc2Cl)c(C)c1C(C)NCc1ccccc1Cl. The normalized spacial score (nSPS) is 13.1. The number of halogens is 2. The van der Waals surface area contributed by atoms with Gasteiger partial charge >= 0.3 is 0 Å². The fourth-order valence-corrected chi connectivity index (χ4v) is 4.68. The van der Waals surface area contributed by atoms with Crippen molar-refractivity contribution in [1.82, 2.24) is 10.6 Å². The average Bonchev–Trinajstić information content (AvgIpc) is 2.81. The second-order valence-corrected chi connectivity index (χ2v) is 9.43. The molecule has 0 aliphatic carbocycles. The van der Waals surface area contributed by atoms with E-state index < -0.39 is 0 Å². The van der Waals surface area contributed by atoms with E-state index in [1.54, 1.807) is 0 Å². The summed E-state index contributed by atoms with van der Waals surface area (Å²) >= 11 is 12.7. The highest BCUT2D eigenvalue weighted by Crippen LogP contribution is 2.34. The predicted octanol–water partition coefficient (Wildman–Crippen LogP) is 7.46. The molecule has 5 heteroatoms. The van der Waals surface area contributed by atoms with Crippen LogP contribution in [0.2, 0.25) is 10.0 Å². The van der Waals surface area contributed by atoms with E-state index in [1.165, 1.54) is 22.4 Å². The molecule has 3 rings (SSSR count). The summed E-state index contributed by atoms with van der Waals surface area (Å²) in [5, 5.41) is 8.95. The van der Waals surface area contributed by atoms with Gasteiger partial charge in [-0.3, -0.25) is 0 Å². The molecule has 0 fully saturated rings. The van der Waals surface area contributed by atoms with Crippen LogP contribution in [-0.2, 0) is 13.1 Å². The lowest BCUT2D eigenvalue weighted by atomic mass is 9.91. The van der Waals surface area contributed by atoms with Crippen molar-refractivity contribution in [3.8, 4) is 0 Å². The summed E-state index contributed by atoms with van der Waals surface area (Å²) in [4.78, 5) is 2.31. The highest BCUT2D eigenvalue weighted by atomic mass is 35.5. The monoisotopic (exact) mass is 483 g/mol. The molecule has 2 N–H and O–H groups in total. The van der Waals surface area contributed by atoms with E-state index in [0.29, 0.717) is 0 Å². The molecule has 0 amide bonds.